The number of benzene rings is 1. The van der Waals surface area contributed by atoms with Gasteiger partial charge in [-0.15, -0.1) is 0 Å². The lowest BCUT2D eigenvalue weighted by Crippen LogP contribution is -2.37. The Labute approximate surface area is 155 Å². The summed E-state index contributed by atoms with van der Waals surface area (Å²) in [6.07, 6.45) is 5.44. The molecule has 26 heavy (non-hydrogen) atoms. The van der Waals surface area contributed by atoms with E-state index in [1.54, 1.807) is 7.05 Å². The van der Waals surface area contributed by atoms with Gasteiger partial charge in [-0.3, -0.25) is 9.98 Å². The number of aryl methyl sites for hydroxylation is 1. The van der Waals surface area contributed by atoms with Crippen molar-refractivity contribution in [2.75, 3.05) is 20.2 Å². The molecule has 0 atom stereocenters. The monoisotopic (exact) mass is 352 g/mol. The molecule has 0 saturated heterocycles. The molecule has 1 aromatic heterocycles. The van der Waals surface area contributed by atoms with Gasteiger partial charge in [-0.2, -0.15) is 0 Å². The zero-order valence-corrected chi connectivity index (χ0v) is 15.7. The number of pyridine rings is 1. The van der Waals surface area contributed by atoms with Gasteiger partial charge in [-0.25, -0.2) is 0 Å². The van der Waals surface area contributed by atoms with Crippen molar-refractivity contribution in [2.24, 2.45) is 10.9 Å². The lowest BCUT2D eigenvalue weighted by Gasteiger charge is -2.15. The zero-order valence-electron chi connectivity index (χ0n) is 15.7. The van der Waals surface area contributed by atoms with Gasteiger partial charge in [0.2, 0.25) is 0 Å². The summed E-state index contributed by atoms with van der Waals surface area (Å²) in [5.41, 5.74) is 3.41. The van der Waals surface area contributed by atoms with Crippen LogP contribution in [0.5, 0.6) is 5.75 Å². The van der Waals surface area contributed by atoms with Gasteiger partial charge in [0, 0.05) is 37.6 Å². The molecule has 138 valence electrons. The third kappa shape index (κ3) is 5.76. The van der Waals surface area contributed by atoms with Crippen molar-refractivity contribution in [3.05, 3.63) is 59.4 Å². The Bertz CT molecular complexity index is 723. The van der Waals surface area contributed by atoms with E-state index in [2.05, 4.69) is 32.7 Å². The van der Waals surface area contributed by atoms with E-state index in [0.717, 1.165) is 48.5 Å². The largest absolute Gasteiger partial charge is 0.493 e. The van der Waals surface area contributed by atoms with Gasteiger partial charge in [0.15, 0.2) is 5.96 Å². The van der Waals surface area contributed by atoms with Crippen LogP contribution in [0.15, 0.2) is 47.6 Å². The molecule has 0 spiro atoms. The molecule has 2 N–H and O–H groups in total. The standard InChI is InChI=1S/C21H28N4O/c1-16-7-8-17(13-24-16)11-12-23-21(22-2)25-14-19-5-3-4-6-20(19)26-15-18-9-10-18/h3-8,13,18H,9-12,14-15H2,1-2H3,(H2,22,23,25). The van der Waals surface area contributed by atoms with Gasteiger partial charge in [0.25, 0.3) is 0 Å². The molecular weight excluding hydrogens is 324 g/mol. The number of rotatable bonds is 8. The fourth-order valence-corrected chi connectivity index (χ4v) is 2.65. The van der Waals surface area contributed by atoms with Crippen molar-refractivity contribution < 1.29 is 4.74 Å². The summed E-state index contributed by atoms with van der Waals surface area (Å²) in [6.45, 7) is 4.32. The molecule has 0 amide bonds. The smallest absolute Gasteiger partial charge is 0.191 e. The van der Waals surface area contributed by atoms with Crippen molar-refractivity contribution in [3.63, 3.8) is 0 Å². The van der Waals surface area contributed by atoms with E-state index in [9.17, 15) is 0 Å². The van der Waals surface area contributed by atoms with Gasteiger partial charge in [-0.05, 0) is 49.8 Å². The Morgan fingerprint density at radius 3 is 2.77 bits per heavy atom. The average molecular weight is 352 g/mol. The van der Waals surface area contributed by atoms with Gasteiger partial charge in [0.1, 0.15) is 5.75 Å². The predicted octanol–water partition coefficient (Wildman–Crippen LogP) is 3.09. The van der Waals surface area contributed by atoms with Gasteiger partial charge >= 0.3 is 0 Å². The van der Waals surface area contributed by atoms with E-state index in [-0.39, 0.29) is 0 Å². The molecule has 1 fully saturated rings. The van der Waals surface area contributed by atoms with E-state index < -0.39 is 0 Å². The minimum atomic E-state index is 0.687. The number of guanidine groups is 1. The van der Waals surface area contributed by atoms with Crippen LogP contribution in [0.3, 0.4) is 0 Å². The molecule has 0 bridgehead atoms. The molecule has 0 unspecified atom stereocenters. The summed E-state index contributed by atoms with van der Waals surface area (Å²) >= 11 is 0. The quantitative estimate of drug-likeness (QED) is 0.566. The lowest BCUT2D eigenvalue weighted by molar-refractivity contribution is 0.296. The topological polar surface area (TPSA) is 58.5 Å². The van der Waals surface area contributed by atoms with E-state index in [1.165, 1.54) is 18.4 Å². The number of ether oxygens (including phenoxy) is 1. The second-order valence-corrected chi connectivity index (χ2v) is 6.77. The first-order valence-corrected chi connectivity index (χ1v) is 9.31. The van der Waals surface area contributed by atoms with Crippen LogP contribution in [0.25, 0.3) is 0 Å². The first kappa shape index (κ1) is 18.2. The van der Waals surface area contributed by atoms with Gasteiger partial charge in [0.05, 0.1) is 6.61 Å². The summed E-state index contributed by atoms with van der Waals surface area (Å²) in [6, 6.07) is 12.4. The molecule has 3 rings (SSSR count). The highest BCUT2D eigenvalue weighted by molar-refractivity contribution is 5.79. The predicted molar refractivity (Wildman–Crippen MR) is 106 cm³/mol. The maximum absolute atomic E-state index is 5.97. The summed E-state index contributed by atoms with van der Waals surface area (Å²) in [5, 5.41) is 6.72. The second-order valence-electron chi connectivity index (χ2n) is 6.77. The van der Waals surface area contributed by atoms with Gasteiger partial charge in [-0.1, -0.05) is 24.3 Å². The molecule has 5 nitrogen and oxygen atoms in total. The molecule has 1 aliphatic carbocycles. The fourth-order valence-electron chi connectivity index (χ4n) is 2.65. The fraction of sp³-hybridized carbons (Fsp3) is 0.429. The second kappa shape index (κ2) is 9.22. The average Bonchev–Trinajstić information content (AvgIpc) is 3.49. The number of hydrogen-bond donors (Lipinski definition) is 2. The van der Waals surface area contributed by atoms with Crippen molar-refractivity contribution in [1.29, 1.82) is 0 Å². The minimum Gasteiger partial charge on any atom is -0.493 e. The third-order valence-electron chi connectivity index (χ3n) is 4.49. The molecule has 0 aliphatic heterocycles. The highest BCUT2D eigenvalue weighted by Crippen LogP contribution is 2.30. The number of para-hydroxylation sites is 1. The van der Waals surface area contributed by atoms with E-state index in [4.69, 9.17) is 4.74 Å². The van der Waals surface area contributed by atoms with Crippen LogP contribution in [0.1, 0.15) is 29.7 Å². The molecule has 0 radical (unpaired) electrons. The maximum Gasteiger partial charge on any atom is 0.191 e. The van der Waals surface area contributed by atoms with E-state index >= 15 is 0 Å². The summed E-state index contributed by atoms with van der Waals surface area (Å²) < 4.78 is 5.97. The minimum absolute atomic E-state index is 0.687. The molecule has 1 saturated carbocycles. The molecule has 1 heterocycles. The van der Waals surface area contributed by atoms with Crippen LogP contribution in [-0.4, -0.2) is 31.1 Å². The normalized spacial score (nSPS) is 14.2. The van der Waals surface area contributed by atoms with E-state index in [1.807, 2.05) is 37.4 Å². The van der Waals surface area contributed by atoms with Crippen molar-refractivity contribution in [1.82, 2.24) is 15.6 Å². The van der Waals surface area contributed by atoms with Crippen molar-refractivity contribution in [3.8, 4) is 5.75 Å². The molecular formula is C21H28N4O. The van der Waals surface area contributed by atoms with Crippen LogP contribution in [-0.2, 0) is 13.0 Å². The maximum atomic E-state index is 5.97. The number of nitrogens with one attached hydrogen (secondary N) is 2. The van der Waals surface area contributed by atoms with Gasteiger partial charge < -0.3 is 15.4 Å². The molecule has 2 aromatic rings. The summed E-state index contributed by atoms with van der Waals surface area (Å²) in [5.74, 6) is 2.51. The number of aliphatic imine (C=N–C) groups is 1. The third-order valence-corrected chi connectivity index (χ3v) is 4.49. The Kier molecular flexibility index (Phi) is 6.47. The number of hydrogen-bond acceptors (Lipinski definition) is 3. The molecule has 5 heteroatoms. The van der Waals surface area contributed by atoms with Crippen LogP contribution in [0.2, 0.25) is 0 Å². The van der Waals surface area contributed by atoms with Crippen molar-refractivity contribution in [2.45, 2.75) is 32.7 Å². The molecule has 1 aliphatic rings. The number of nitrogens with zero attached hydrogens (tertiary/aromatic N) is 2. The summed E-state index contributed by atoms with van der Waals surface area (Å²) in [7, 11) is 1.79. The number of aromatic nitrogens is 1. The highest BCUT2D eigenvalue weighted by Gasteiger charge is 2.22. The SMILES string of the molecule is CN=C(NCCc1ccc(C)nc1)NCc1ccccc1OCC1CC1. The van der Waals surface area contributed by atoms with E-state index in [0.29, 0.717) is 6.54 Å². The first-order valence-electron chi connectivity index (χ1n) is 9.31. The Hall–Kier alpha value is -2.56. The summed E-state index contributed by atoms with van der Waals surface area (Å²) in [4.78, 5) is 8.63. The van der Waals surface area contributed by atoms with Crippen LogP contribution in [0.4, 0.5) is 0 Å². The van der Waals surface area contributed by atoms with Crippen LogP contribution in [0, 0.1) is 12.8 Å². The first-order chi connectivity index (χ1) is 12.7. The lowest BCUT2D eigenvalue weighted by atomic mass is 10.2. The Balaban J connectivity index is 1.45. The van der Waals surface area contributed by atoms with Crippen LogP contribution >= 0.6 is 0 Å². The Morgan fingerprint density at radius 2 is 2.04 bits per heavy atom. The zero-order chi connectivity index (χ0) is 18.2. The highest BCUT2D eigenvalue weighted by atomic mass is 16.5. The van der Waals surface area contributed by atoms with Crippen molar-refractivity contribution >= 4 is 5.96 Å². The van der Waals surface area contributed by atoms with Crippen LogP contribution < -0.4 is 15.4 Å². The Morgan fingerprint density at radius 1 is 1.19 bits per heavy atom. The molecule has 1 aromatic carbocycles.